The summed E-state index contributed by atoms with van der Waals surface area (Å²) < 4.78 is 51.0. The van der Waals surface area contributed by atoms with Gasteiger partial charge in [-0.2, -0.15) is 0 Å². The van der Waals surface area contributed by atoms with Crippen molar-refractivity contribution in [2.75, 3.05) is 90.3 Å². The molecule has 5 N–H and O–H groups in total. The van der Waals surface area contributed by atoms with Gasteiger partial charge in [0.05, 0.1) is 22.8 Å². The number of carbonyl (C=O) groups is 2. The van der Waals surface area contributed by atoms with Crippen molar-refractivity contribution in [3.05, 3.63) is 126 Å². The van der Waals surface area contributed by atoms with E-state index in [1.54, 1.807) is 48.9 Å². The Bertz CT molecular complexity index is 3150. The number of aliphatic hydroxyl groups excluding tert-OH is 1. The number of anilines is 4. The van der Waals surface area contributed by atoms with Crippen LogP contribution in [0, 0.1) is 0 Å². The number of benzene rings is 2. The normalized spacial score (nSPS) is 14.2. The number of pyridine rings is 2. The van der Waals surface area contributed by atoms with E-state index in [2.05, 4.69) is 74.4 Å². The summed E-state index contributed by atoms with van der Waals surface area (Å²) in [6.45, 7) is 4.70. The second kappa shape index (κ2) is 24.1. The van der Waals surface area contributed by atoms with Gasteiger partial charge in [-0.15, -0.1) is 0 Å². The Morgan fingerprint density at radius 1 is 0.603 bits per heavy atom. The van der Waals surface area contributed by atoms with E-state index in [9.17, 15) is 27.2 Å². The van der Waals surface area contributed by atoms with Crippen molar-refractivity contribution in [1.29, 1.82) is 0 Å². The molecule has 0 atom stereocenters. The third kappa shape index (κ3) is 14.0. The number of aromatic amines is 2. The van der Waals surface area contributed by atoms with Gasteiger partial charge in [-0.1, -0.05) is 11.6 Å². The maximum atomic E-state index is 12.9. The fraction of sp³-hybridized carbons (Fsp3) is 0.280. The molecule has 8 aromatic rings. The van der Waals surface area contributed by atoms with Gasteiger partial charge in [0.1, 0.15) is 30.4 Å². The van der Waals surface area contributed by atoms with Gasteiger partial charge < -0.3 is 50.0 Å². The molecule has 2 aliphatic heterocycles. The maximum Gasteiger partial charge on any atom is 0.272 e. The molecule has 0 bridgehead atoms. The van der Waals surface area contributed by atoms with Gasteiger partial charge in [-0.3, -0.25) is 19.6 Å². The second-order valence-corrected chi connectivity index (χ2v) is 17.4. The number of ether oxygens (including phenoxy) is 1. The van der Waals surface area contributed by atoms with Crippen LogP contribution in [0.3, 0.4) is 0 Å². The molecule has 0 saturated carbocycles. The average molecular weight is 1020 g/mol. The van der Waals surface area contributed by atoms with E-state index < -0.39 is 26.1 Å². The van der Waals surface area contributed by atoms with Crippen molar-refractivity contribution >= 4 is 68.5 Å². The lowest BCUT2D eigenvalue weighted by molar-refractivity contribution is 0.0652. The topological polar surface area (TPSA) is 210 Å². The predicted octanol–water partition coefficient (Wildman–Crippen LogP) is 7.84. The quantitative estimate of drug-likeness (QED) is 0.0739. The lowest BCUT2D eigenvalue weighted by atomic mass is 10.2. The lowest BCUT2D eigenvalue weighted by Gasteiger charge is -2.32. The van der Waals surface area contributed by atoms with Gasteiger partial charge in [0.2, 0.25) is 11.9 Å². The number of hydrogen-bond acceptors (Lipinski definition) is 14. The Hall–Kier alpha value is -7.79. The summed E-state index contributed by atoms with van der Waals surface area (Å²) in [4.78, 5) is 66.6. The molecular formula is C50H51ClF4N14O4. The van der Waals surface area contributed by atoms with Crippen LogP contribution in [0.15, 0.2) is 110 Å². The van der Waals surface area contributed by atoms with Crippen LogP contribution >= 0.6 is 11.6 Å². The number of amides is 2. The van der Waals surface area contributed by atoms with Crippen LogP contribution in [0.2, 0.25) is 5.02 Å². The molecule has 8 heterocycles. The molecule has 10 rings (SSSR count). The number of nitrogens with one attached hydrogen (secondary N) is 4. The first-order chi connectivity index (χ1) is 35.3. The number of likely N-dealkylation sites (N-methyl/N-ethyl adjacent to an activating group) is 2. The minimum Gasteiger partial charge on any atom is -0.488 e. The summed E-state index contributed by atoms with van der Waals surface area (Å²) in [7, 11) is 4.13. The number of fused-ring (bicyclic) bond motifs is 2. The van der Waals surface area contributed by atoms with Crippen molar-refractivity contribution in [3.8, 4) is 28.5 Å². The van der Waals surface area contributed by atoms with Gasteiger partial charge in [-0.25, -0.2) is 37.5 Å². The number of hydrogen-bond donors (Lipinski definition) is 5. The smallest absolute Gasteiger partial charge is 0.272 e. The monoisotopic (exact) mass is 1020 g/mol. The molecule has 2 saturated heterocycles. The molecule has 2 aliphatic rings. The number of H-pyrrole nitrogens is 2. The van der Waals surface area contributed by atoms with E-state index in [4.69, 9.17) is 21.4 Å². The largest absolute Gasteiger partial charge is 0.488 e. The minimum absolute atomic E-state index is 0.00268. The highest BCUT2D eigenvalue weighted by Crippen LogP contribution is 2.27. The highest BCUT2D eigenvalue weighted by molar-refractivity contribution is 6.30. The van der Waals surface area contributed by atoms with E-state index in [1.165, 1.54) is 12.3 Å². The van der Waals surface area contributed by atoms with Crippen molar-refractivity contribution in [1.82, 2.24) is 59.5 Å². The number of halogens is 5. The van der Waals surface area contributed by atoms with Gasteiger partial charge in [0, 0.05) is 121 Å². The number of rotatable bonds is 12. The Labute approximate surface area is 421 Å². The highest BCUT2D eigenvalue weighted by atomic mass is 35.5. The molecule has 380 valence electrons. The number of carbonyl (C=O) groups excluding carboxylic acids is 2. The van der Waals surface area contributed by atoms with E-state index in [-0.39, 0.29) is 17.6 Å². The summed E-state index contributed by atoms with van der Waals surface area (Å²) in [6.07, 6.45) is 1.26. The molecule has 0 aliphatic carbocycles. The summed E-state index contributed by atoms with van der Waals surface area (Å²) in [5.41, 5.74) is 6.84. The lowest BCUT2D eigenvalue weighted by Crippen LogP contribution is -2.47. The second-order valence-electron chi connectivity index (χ2n) is 17.0. The third-order valence-electron chi connectivity index (χ3n) is 11.6. The molecule has 73 heavy (non-hydrogen) atoms. The van der Waals surface area contributed by atoms with E-state index >= 15 is 0 Å². The van der Waals surface area contributed by atoms with Crippen LogP contribution in [0.25, 0.3) is 44.6 Å². The fourth-order valence-electron chi connectivity index (χ4n) is 7.74. The average Bonchev–Trinajstić information content (AvgIpc) is 4.03. The van der Waals surface area contributed by atoms with Crippen LogP contribution in [0.4, 0.5) is 40.8 Å². The van der Waals surface area contributed by atoms with Gasteiger partial charge >= 0.3 is 0 Å². The number of alkyl halides is 4. The van der Waals surface area contributed by atoms with Crippen LogP contribution in [-0.2, 0) is 0 Å². The van der Waals surface area contributed by atoms with E-state index in [0.717, 1.165) is 72.4 Å². The molecule has 0 unspecified atom stereocenters. The molecular weight excluding hydrogens is 972 g/mol. The van der Waals surface area contributed by atoms with Crippen molar-refractivity contribution in [2.24, 2.45) is 0 Å². The zero-order valence-electron chi connectivity index (χ0n) is 39.7. The summed E-state index contributed by atoms with van der Waals surface area (Å²) >= 11 is 6.07. The summed E-state index contributed by atoms with van der Waals surface area (Å²) in [5.74, 6) is 1.11. The Morgan fingerprint density at radius 3 is 1.51 bits per heavy atom. The summed E-state index contributed by atoms with van der Waals surface area (Å²) in [5, 5.41) is 16.2. The molecule has 2 aromatic carbocycles. The van der Waals surface area contributed by atoms with Crippen LogP contribution < -0.4 is 15.4 Å². The first-order valence-electron chi connectivity index (χ1n) is 23.1. The maximum absolute atomic E-state index is 12.9. The molecule has 2 amide bonds. The molecule has 0 spiro atoms. The first kappa shape index (κ1) is 51.6. The van der Waals surface area contributed by atoms with Gasteiger partial charge in [0.15, 0.2) is 0 Å². The standard InChI is InChI=1S/C25H25F2N7O2.C23H22ClN7O.C2H4F2O/c1-33-8-10-34(11-9-33)24(35)22-13-16-12-17(2-3-19(16)31-22)30-25-29-7-5-20(32-25)21-14-18(4-6-28-21)36-15-23(26)27;1-30-8-10-31(11-9-30)22(32)21-13-15-12-17(2-3-18(15)28-21)27-23-26-7-5-19(29-23)20-14-16(24)4-6-25-20;3-2(4)1-5/h2-7,12-14,23,31H,8-11,15H2,1H3,(H,29,30,32);2-7,12-14,28H,8-11H2,1H3,(H,26,27,29);2,5H,1H2. The Morgan fingerprint density at radius 2 is 1.05 bits per heavy atom. The molecule has 23 heteroatoms. The number of nitrogens with zero attached hydrogens (tertiary/aromatic N) is 10. The Balaban J connectivity index is 0.000000179. The van der Waals surface area contributed by atoms with Crippen LogP contribution in [0.5, 0.6) is 5.75 Å². The van der Waals surface area contributed by atoms with E-state index in [1.807, 2.05) is 58.3 Å². The fourth-order valence-corrected chi connectivity index (χ4v) is 7.90. The van der Waals surface area contributed by atoms with Crippen LogP contribution in [0.1, 0.15) is 21.0 Å². The molecule has 0 radical (unpaired) electrons. The molecule has 18 nitrogen and oxygen atoms in total. The molecule has 6 aromatic heterocycles. The van der Waals surface area contributed by atoms with Crippen molar-refractivity contribution in [3.63, 3.8) is 0 Å². The number of aromatic nitrogens is 8. The minimum atomic E-state index is -2.56. The zero-order chi connectivity index (χ0) is 51.4. The Kier molecular flexibility index (Phi) is 17.0. The first-order valence-corrected chi connectivity index (χ1v) is 23.4. The van der Waals surface area contributed by atoms with Gasteiger partial charge in [0.25, 0.3) is 24.7 Å². The van der Waals surface area contributed by atoms with Gasteiger partial charge in [-0.05, 0) is 93.0 Å². The summed E-state index contributed by atoms with van der Waals surface area (Å²) in [6, 6.07) is 25.3. The zero-order valence-corrected chi connectivity index (χ0v) is 40.4. The van der Waals surface area contributed by atoms with Crippen LogP contribution in [-0.4, -0.2) is 169 Å². The number of aliphatic hydroxyl groups is 1. The van der Waals surface area contributed by atoms with E-state index in [0.29, 0.717) is 64.2 Å². The highest BCUT2D eigenvalue weighted by Gasteiger charge is 2.23. The van der Waals surface area contributed by atoms with Crippen molar-refractivity contribution < 1.29 is 37.0 Å². The molecule has 2 fully saturated rings. The number of piperazine rings is 2. The van der Waals surface area contributed by atoms with Crippen molar-refractivity contribution in [2.45, 2.75) is 12.9 Å². The third-order valence-corrected chi connectivity index (χ3v) is 11.8. The SMILES string of the molecule is CN1CCN(C(=O)c2cc3cc(Nc4nccc(-c5cc(Cl)ccn5)n4)ccc3[nH]2)CC1.CN1CCN(C(=O)c2cc3cc(Nc4nccc(-c5cc(OCC(F)F)ccn5)n4)ccc3[nH]2)CC1.OCC(F)F. The predicted molar refractivity (Wildman–Crippen MR) is 270 cm³/mol.